The number of ether oxygens (including phenoxy) is 1. The molecule has 1 unspecified atom stereocenters. The van der Waals surface area contributed by atoms with Crippen LogP contribution in [-0.4, -0.2) is 33.8 Å². The summed E-state index contributed by atoms with van der Waals surface area (Å²) in [7, 11) is -1.14. The lowest BCUT2D eigenvalue weighted by atomic mass is 9.89. The summed E-state index contributed by atoms with van der Waals surface area (Å²) < 4.78 is 38.7. The van der Waals surface area contributed by atoms with Gasteiger partial charge in [-0.05, 0) is 31.0 Å². The fourth-order valence-corrected chi connectivity index (χ4v) is 4.78. The van der Waals surface area contributed by atoms with Gasteiger partial charge in [-0.15, -0.1) is 0 Å². The van der Waals surface area contributed by atoms with Crippen LogP contribution in [0.15, 0.2) is 30.9 Å². The molecule has 0 spiro atoms. The SMILES string of the molecule is C[Si](C)(C)CCOCn1ccnc1-c1ncn2c1CCC(c1c(F)ccc(N)c1F)C2. The highest BCUT2D eigenvalue weighted by Crippen LogP contribution is 2.36. The molecule has 6 nitrogen and oxygen atoms in total. The van der Waals surface area contributed by atoms with Crippen molar-refractivity contribution in [1.82, 2.24) is 19.1 Å². The van der Waals surface area contributed by atoms with Crippen LogP contribution in [0.3, 0.4) is 0 Å². The Morgan fingerprint density at radius 1 is 1.23 bits per heavy atom. The van der Waals surface area contributed by atoms with Gasteiger partial charge in [0.05, 0.1) is 12.0 Å². The van der Waals surface area contributed by atoms with E-state index in [2.05, 4.69) is 29.6 Å². The highest BCUT2D eigenvalue weighted by atomic mass is 28.3. The summed E-state index contributed by atoms with van der Waals surface area (Å²) in [6.07, 6.45) is 6.62. The van der Waals surface area contributed by atoms with E-state index in [0.717, 1.165) is 29.9 Å². The number of nitrogen functional groups attached to an aromatic ring is 1. The predicted molar refractivity (Wildman–Crippen MR) is 119 cm³/mol. The Kier molecular flexibility index (Phi) is 5.98. The lowest BCUT2D eigenvalue weighted by molar-refractivity contribution is 0.0882. The third kappa shape index (κ3) is 4.57. The topological polar surface area (TPSA) is 70.9 Å². The molecule has 1 aromatic carbocycles. The van der Waals surface area contributed by atoms with Gasteiger partial charge >= 0.3 is 0 Å². The van der Waals surface area contributed by atoms with E-state index in [0.29, 0.717) is 26.1 Å². The molecule has 2 aromatic heterocycles. The smallest absolute Gasteiger partial charge is 0.162 e. The largest absolute Gasteiger partial charge is 0.396 e. The molecule has 0 saturated heterocycles. The summed E-state index contributed by atoms with van der Waals surface area (Å²) in [5, 5.41) is 0. The van der Waals surface area contributed by atoms with Gasteiger partial charge in [-0.25, -0.2) is 18.7 Å². The van der Waals surface area contributed by atoms with E-state index >= 15 is 0 Å². The number of rotatable bonds is 7. The number of nitrogens with two attached hydrogens (primary N) is 1. The minimum Gasteiger partial charge on any atom is -0.396 e. The van der Waals surface area contributed by atoms with Crippen molar-refractivity contribution in [2.45, 2.75) is 57.7 Å². The molecule has 0 amide bonds. The minimum absolute atomic E-state index is 0.0235. The maximum absolute atomic E-state index is 14.5. The number of nitrogens with zero attached hydrogens (tertiary/aromatic N) is 4. The first kappa shape index (κ1) is 21.7. The van der Waals surface area contributed by atoms with Crippen LogP contribution in [0.2, 0.25) is 25.7 Å². The van der Waals surface area contributed by atoms with E-state index in [9.17, 15) is 8.78 Å². The molecule has 1 atom stereocenters. The second-order valence-electron chi connectivity index (χ2n) is 9.36. The Bertz CT molecular complexity index is 1070. The van der Waals surface area contributed by atoms with Crippen LogP contribution in [0.25, 0.3) is 11.5 Å². The maximum atomic E-state index is 14.5. The van der Waals surface area contributed by atoms with Crippen LogP contribution in [0, 0.1) is 11.6 Å². The van der Waals surface area contributed by atoms with Crippen molar-refractivity contribution in [2.24, 2.45) is 0 Å². The molecule has 9 heteroatoms. The standard InChI is InChI=1S/C22H29F2N5OSi/c1-31(2,3)11-10-30-14-28-9-8-26-22(28)21-18-7-4-15(12-29(18)13-27-21)19-16(23)5-6-17(25)20(19)24/h5-6,8-9,13,15H,4,7,10-12,14,25H2,1-3H3. The van der Waals surface area contributed by atoms with Crippen molar-refractivity contribution in [1.29, 1.82) is 0 Å². The van der Waals surface area contributed by atoms with Crippen LogP contribution >= 0.6 is 0 Å². The monoisotopic (exact) mass is 445 g/mol. The first-order chi connectivity index (χ1) is 14.7. The third-order valence-electron chi connectivity index (χ3n) is 5.81. The minimum atomic E-state index is -1.14. The van der Waals surface area contributed by atoms with Crippen LogP contribution in [0.1, 0.15) is 23.6 Å². The summed E-state index contributed by atoms with van der Waals surface area (Å²) >= 11 is 0. The zero-order valence-corrected chi connectivity index (χ0v) is 19.2. The fraction of sp³-hybridized carbons (Fsp3) is 0.455. The summed E-state index contributed by atoms with van der Waals surface area (Å²) in [4.78, 5) is 9.07. The van der Waals surface area contributed by atoms with Gasteiger partial charge in [-0.2, -0.15) is 0 Å². The molecule has 0 bridgehead atoms. The van der Waals surface area contributed by atoms with Gasteiger partial charge in [0.15, 0.2) is 11.6 Å². The van der Waals surface area contributed by atoms with Crippen molar-refractivity contribution in [3.05, 3.63) is 53.7 Å². The molecule has 0 saturated carbocycles. The van der Waals surface area contributed by atoms with Crippen molar-refractivity contribution >= 4 is 13.8 Å². The van der Waals surface area contributed by atoms with Crippen LogP contribution in [0.5, 0.6) is 0 Å². The highest BCUT2D eigenvalue weighted by Gasteiger charge is 2.29. The van der Waals surface area contributed by atoms with E-state index in [1.54, 1.807) is 12.5 Å². The number of imidazole rings is 2. The third-order valence-corrected chi connectivity index (χ3v) is 7.52. The summed E-state index contributed by atoms with van der Waals surface area (Å²) in [5.74, 6) is -0.740. The zero-order valence-electron chi connectivity index (χ0n) is 18.2. The van der Waals surface area contributed by atoms with Gasteiger partial charge in [0.1, 0.15) is 18.2 Å². The second-order valence-corrected chi connectivity index (χ2v) is 15.0. The predicted octanol–water partition coefficient (Wildman–Crippen LogP) is 4.65. The van der Waals surface area contributed by atoms with Crippen molar-refractivity contribution in [3.63, 3.8) is 0 Å². The number of benzene rings is 1. The molecule has 1 aliphatic rings. The summed E-state index contributed by atoms with van der Waals surface area (Å²) in [6, 6.07) is 3.61. The van der Waals surface area contributed by atoms with Crippen molar-refractivity contribution in [2.75, 3.05) is 12.3 Å². The van der Waals surface area contributed by atoms with Gasteiger partial charge in [0, 0.05) is 50.8 Å². The Labute approximate surface area is 182 Å². The van der Waals surface area contributed by atoms with Gasteiger partial charge in [0.25, 0.3) is 0 Å². The molecule has 166 valence electrons. The molecule has 0 fully saturated rings. The normalized spacial score (nSPS) is 16.5. The Balaban J connectivity index is 1.51. The van der Waals surface area contributed by atoms with Gasteiger partial charge in [0.2, 0.25) is 0 Å². The van der Waals surface area contributed by atoms with Gasteiger partial charge in [-0.3, -0.25) is 0 Å². The van der Waals surface area contributed by atoms with Gasteiger partial charge < -0.3 is 19.6 Å². The van der Waals surface area contributed by atoms with Crippen LogP contribution < -0.4 is 5.73 Å². The van der Waals surface area contributed by atoms with E-state index in [4.69, 9.17) is 10.5 Å². The number of aromatic nitrogens is 4. The molecule has 3 aromatic rings. The van der Waals surface area contributed by atoms with E-state index in [-0.39, 0.29) is 17.2 Å². The number of hydrogen-bond acceptors (Lipinski definition) is 4. The molecular formula is C22H29F2N5OSi. The first-order valence-corrected chi connectivity index (χ1v) is 14.3. The Morgan fingerprint density at radius 3 is 2.81 bits per heavy atom. The van der Waals surface area contributed by atoms with Crippen LogP contribution in [0.4, 0.5) is 14.5 Å². The zero-order chi connectivity index (χ0) is 22.2. The lowest BCUT2D eigenvalue weighted by Crippen LogP contribution is -2.22. The fourth-order valence-electron chi connectivity index (χ4n) is 4.02. The molecule has 4 rings (SSSR count). The average Bonchev–Trinajstić information content (AvgIpc) is 3.34. The van der Waals surface area contributed by atoms with E-state index < -0.39 is 19.7 Å². The average molecular weight is 446 g/mol. The Morgan fingerprint density at radius 2 is 2.03 bits per heavy atom. The number of anilines is 1. The molecule has 3 heterocycles. The van der Waals surface area contributed by atoms with Crippen molar-refractivity contribution < 1.29 is 13.5 Å². The number of halogens is 2. The maximum Gasteiger partial charge on any atom is 0.162 e. The molecule has 0 aliphatic carbocycles. The molecule has 1 aliphatic heterocycles. The highest BCUT2D eigenvalue weighted by molar-refractivity contribution is 6.76. The second kappa shape index (κ2) is 8.55. The molecular weight excluding hydrogens is 416 g/mol. The van der Waals surface area contributed by atoms with Crippen LogP contribution in [-0.2, 0) is 24.4 Å². The van der Waals surface area contributed by atoms with Gasteiger partial charge in [-0.1, -0.05) is 19.6 Å². The summed E-state index contributed by atoms with van der Waals surface area (Å²) in [5.41, 5.74) is 7.53. The molecule has 31 heavy (non-hydrogen) atoms. The molecule has 2 N–H and O–H groups in total. The number of hydrogen-bond donors (Lipinski definition) is 1. The van der Waals surface area contributed by atoms with Crippen molar-refractivity contribution in [3.8, 4) is 11.5 Å². The quantitative estimate of drug-likeness (QED) is 0.326. The van der Waals surface area contributed by atoms with E-state index in [1.165, 1.54) is 12.1 Å². The summed E-state index contributed by atoms with van der Waals surface area (Å²) in [6.45, 7) is 8.58. The Hall–Kier alpha value is -2.52. The lowest BCUT2D eigenvalue weighted by Gasteiger charge is -2.26. The number of fused-ring (bicyclic) bond motifs is 1. The first-order valence-electron chi connectivity index (χ1n) is 10.6. The van der Waals surface area contributed by atoms with E-state index in [1.807, 2.05) is 15.3 Å². The molecule has 0 radical (unpaired) electrons.